The van der Waals surface area contributed by atoms with E-state index in [1.165, 1.54) is 12.1 Å². The van der Waals surface area contributed by atoms with Crippen LogP contribution in [0.15, 0.2) is 36.5 Å². The van der Waals surface area contributed by atoms with Crippen LogP contribution in [-0.2, 0) is 26.1 Å². The Bertz CT molecular complexity index is 1140. The lowest BCUT2D eigenvalue weighted by atomic mass is 9.88. The lowest BCUT2D eigenvalue weighted by molar-refractivity contribution is -0.121. The van der Waals surface area contributed by atoms with Gasteiger partial charge in [0.05, 0.1) is 38.1 Å². The van der Waals surface area contributed by atoms with E-state index in [0.29, 0.717) is 38.8 Å². The fourth-order valence-corrected chi connectivity index (χ4v) is 6.14. The minimum atomic E-state index is -0.248. The first-order chi connectivity index (χ1) is 18.7. The van der Waals surface area contributed by atoms with E-state index >= 15 is 0 Å². The van der Waals surface area contributed by atoms with Crippen molar-refractivity contribution in [1.82, 2.24) is 20.1 Å². The minimum absolute atomic E-state index is 0.121. The van der Waals surface area contributed by atoms with Crippen molar-refractivity contribution in [3.63, 3.8) is 0 Å². The van der Waals surface area contributed by atoms with Crippen molar-refractivity contribution in [2.45, 2.75) is 50.7 Å². The molecule has 3 atom stereocenters. The number of rotatable bonds is 8. The monoisotopic (exact) mass is 539 g/mol. The van der Waals surface area contributed by atoms with Gasteiger partial charge < -0.3 is 19.7 Å². The number of anilines is 1. The van der Waals surface area contributed by atoms with E-state index in [1.54, 1.807) is 19.2 Å². The van der Waals surface area contributed by atoms with Crippen LogP contribution in [0.25, 0.3) is 0 Å². The van der Waals surface area contributed by atoms with Gasteiger partial charge >= 0.3 is 0 Å². The molecule has 0 unspecified atom stereocenters. The number of halogens is 1. The highest BCUT2D eigenvalue weighted by atomic mass is 19.1. The normalized spacial score (nSPS) is 25.6. The van der Waals surface area contributed by atoms with Crippen molar-refractivity contribution in [2.24, 2.45) is 0 Å². The van der Waals surface area contributed by atoms with Gasteiger partial charge in [0.2, 0.25) is 5.91 Å². The number of hydrogen-bond donors (Lipinski definition) is 1. The first-order valence-electron chi connectivity index (χ1n) is 14.1. The van der Waals surface area contributed by atoms with E-state index in [-0.39, 0.29) is 29.2 Å². The largest absolute Gasteiger partial charge is 0.383 e. The molecule has 212 valence electrons. The maximum Gasteiger partial charge on any atom is 0.241 e. The predicted octanol–water partition coefficient (Wildman–Crippen LogP) is 2.45. The zero-order chi connectivity index (χ0) is 27.6. The molecule has 1 amide bonds. The number of benzene rings is 1. The van der Waals surface area contributed by atoms with Gasteiger partial charge in [0.25, 0.3) is 0 Å². The number of carbonyl (C=O) groups is 1. The maximum atomic E-state index is 13.9. The van der Waals surface area contributed by atoms with E-state index < -0.39 is 0 Å². The number of amides is 1. The Hall–Kier alpha value is -2.43. The van der Waals surface area contributed by atoms with Gasteiger partial charge in [-0.2, -0.15) is 0 Å². The molecule has 3 aliphatic heterocycles. The number of methoxy groups -OCH3 is 1. The second-order valence-electron chi connectivity index (χ2n) is 11.9. The van der Waals surface area contributed by atoms with Crippen LogP contribution in [0.3, 0.4) is 0 Å². The summed E-state index contributed by atoms with van der Waals surface area (Å²) >= 11 is 0. The quantitative estimate of drug-likeness (QED) is 0.553. The first-order valence-corrected chi connectivity index (χ1v) is 14.1. The van der Waals surface area contributed by atoms with Crippen molar-refractivity contribution >= 4 is 11.6 Å². The Balaban J connectivity index is 1.32. The second kappa shape index (κ2) is 12.0. The van der Waals surface area contributed by atoms with Gasteiger partial charge in [-0.3, -0.25) is 19.6 Å². The third-order valence-corrected chi connectivity index (χ3v) is 8.33. The molecule has 0 saturated carbocycles. The van der Waals surface area contributed by atoms with Crippen LogP contribution in [0, 0.1) is 5.82 Å². The number of nitrogens with zero attached hydrogens (tertiary/aromatic N) is 4. The first kappa shape index (κ1) is 28.1. The molecule has 9 heteroatoms. The molecule has 2 aromatic rings. The maximum absolute atomic E-state index is 13.9. The molecule has 0 radical (unpaired) electrons. The average molecular weight is 540 g/mol. The topological polar surface area (TPSA) is 70.2 Å². The summed E-state index contributed by atoms with van der Waals surface area (Å²) in [7, 11) is 1.73. The Morgan fingerprint density at radius 1 is 1.23 bits per heavy atom. The minimum Gasteiger partial charge on any atom is -0.383 e. The van der Waals surface area contributed by atoms with Crippen LogP contribution >= 0.6 is 0 Å². The van der Waals surface area contributed by atoms with Crippen LogP contribution in [0.5, 0.6) is 0 Å². The zero-order valence-corrected chi connectivity index (χ0v) is 23.7. The van der Waals surface area contributed by atoms with Crippen LogP contribution in [0.2, 0.25) is 0 Å². The average Bonchev–Trinajstić information content (AvgIpc) is 3.18. The Morgan fingerprint density at radius 2 is 2.03 bits per heavy atom. The summed E-state index contributed by atoms with van der Waals surface area (Å²) in [5, 5.41) is 3.62. The van der Waals surface area contributed by atoms with E-state index in [2.05, 4.69) is 35.9 Å². The highest BCUT2D eigenvalue weighted by molar-refractivity contribution is 5.97. The summed E-state index contributed by atoms with van der Waals surface area (Å²) in [6, 6.07) is 9.35. The second-order valence-corrected chi connectivity index (χ2v) is 11.9. The van der Waals surface area contributed by atoms with Crippen molar-refractivity contribution in [2.75, 3.05) is 71.1 Å². The third-order valence-electron chi connectivity index (χ3n) is 8.33. The number of pyridine rings is 1. The summed E-state index contributed by atoms with van der Waals surface area (Å²) < 4.78 is 24.5. The van der Waals surface area contributed by atoms with E-state index in [0.717, 1.165) is 55.3 Å². The third kappa shape index (κ3) is 6.49. The molecular formula is C30H42FN5O3. The molecule has 2 saturated heterocycles. The van der Waals surface area contributed by atoms with E-state index in [4.69, 9.17) is 14.5 Å². The number of hydrogen-bond acceptors (Lipinski definition) is 7. The molecule has 3 aliphatic rings. The molecule has 2 fully saturated rings. The lowest BCUT2D eigenvalue weighted by Crippen LogP contribution is -2.62. The number of piperazine rings is 1. The van der Waals surface area contributed by atoms with E-state index in [1.807, 2.05) is 17.2 Å². The molecular weight excluding hydrogens is 497 g/mol. The predicted molar refractivity (Wildman–Crippen MR) is 150 cm³/mol. The molecule has 8 nitrogen and oxygen atoms in total. The molecule has 39 heavy (non-hydrogen) atoms. The molecule has 0 bridgehead atoms. The number of morpholine rings is 1. The Kier molecular flexibility index (Phi) is 8.63. The summed E-state index contributed by atoms with van der Waals surface area (Å²) in [6.07, 6.45) is 2.52. The summed E-state index contributed by atoms with van der Waals surface area (Å²) in [5.74, 6) is -0.127. The van der Waals surface area contributed by atoms with Gasteiger partial charge in [0, 0.05) is 81.2 Å². The van der Waals surface area contributed by atoms with Crippen LogP contribution in [-0.4, -0.2) is 105 Å². The SMILES string of the molecule is COC[C@@H]1COCCN1C[C@H]1CN[C@H](C)CN1CC(=O)N1CC(C)(C)c2cnc(Cc3ccc(F)cc3)cc21. The van der Waals surface area contributed by atoms with Gasteiger partial charge in [0.15, 0.2) is 0 Å². The highest BCUT2D eigenvalue weighted by Gasteiger charge is 2.40. The fourth-order valence-electron chi connectivity index (χ4n) is 6.14. The van der Waals surface area contributed by atoms with Crippen LogP contribution in [0.1, 0.15) is 37.6 Å². The standard InChI is InChI=1S/C30H42FN5O3/c1-21-15-35(25(13-32-21)16-34-9-10-39-19-26(34)18-38-4)17-29(37)36-20-30(2,3)27-14-33-24(12-28(27)36)11-22-5-7-23(31)8-6-22/h5-8,12,14,21,25-26,32H,9-11,13,15-20H2,1-4H3/t21-,25-,26-/m1/s1. The zero-order valence-electron chi connectivity index (χ0n) is 23.7. The van der Waals surface area contributed by atoms with Crippen molar-refractivity contribution in [3.05, 3.63) is 59.2 Å². The summed E-state index contributed by atoms with van der Waals surface area (Å²) in [6.45, 7) is 13.0. The summed E-state index contributed by atoms with van der Waals surface area (Å²) in [5.41, 5.74) is 3.74. The Labute approximate surface area is 231 Å². The molecule has 0 spiro atoms. The number of aromatic nitrogens is 1. The Morgan fingerprint density at radius 3 is 2.79 bits per heavy atom. The number of nitrogens with one attached hydrogen (secondary N) is 1. The van der Waals surface area contributed by atoms with E-state index in [9.17, 15) is 9.18 Å². The number of carbonyl (C=O) groups excluding carboxylic acids is 1. The van der Waals surface area contributed by atoms with Crippen molar-refractivity contribution in [1.29, 1.82) is 0 Å². The van der Waals surface area contributed by atoms with Crippen LogP contribution < -0.4 is 10.2 Å². The molecule has 5 rings (SSSR count). The van der Waals surface area contributed by atoms with Gasteiger partial charge in [-0.05, 0) is 30.7 Å². The summed E-state index contributed by atoms with van der Waals surface area (Å²) in [4.78, 5) is 25.4. The molecule has 1 aromatic carbocycles. The number of ether oxygens (including phenoxy) is 2. The smallest absolute Gasteiger partial charge is 0.241 e. The fraction of sp³-hybridized carbons (Fsp3) is 0.600. The molecule has 0 aliphatic carbocycles. The van der Waals surface area contributed by atoms with Crippen LogP contribution in [0.4, 0.5) is 10.1 Å². The lowest BCUT2D eigenvalue weighted by Gasteiger charge is -2.44. The highest BCUT2D eigenvalue weighted by Crippen LogP contribution is 2.40. The van der Waals surface area contributed by atoms with Gasteiger partial charge in [-0.15, -0.1) is 0 Å². The number of fused-ring (bicyclic) bond motifs is 1. The molecule has 4 heterocycles. The van der Waals surface area contributed by atoms with Gasteiger partial charge in [-0.1, -0.05) is 26.0 Å². The van der Waals surface area contributed by atoms with Crippen molar-refractivity contribution < 1.29 is 18.7 Å². The van der Waals surface area contributed by atoms with Gasteiger partial charge in [-0.25, -0.2) is 4.39 Å². The van der Waals surface area contributed by atoms with Gasteiger partial charge in [0.1, 0.15) is 5.82 Å². The molecule has 1 aromatic heterocycles. The van der Waals surface area contributed by atoms with Crippen molar-refractivity contribution in [3.8, 4) is 0 Å². The molecule has 1 N–H and O–H groups in total.